The summed E-state index contributed by atoms with van der Waals surface area (Å²) in [6, 6.07) is 12.7. The smallest absolute Gasteiger partial charge is 0.277 e. The molecule has 0 N–H and O–H groups in total. The lowest BCUT2D eigenvalue weighted by atomic mass is 10.1. The van der Waals surface area contributed by atoms with Gasteiger partial charge in [0, 0.05) is 23.7 Å². The Morgan fingerprint density at radius 1 is 1.17 bits per heavy atom. The SMILES string of the molecule is Cc1ccc(-c2nnc(SCC(=O)N(Cc3ccccc3F)C3CC3)o2)cc1C. The lowest BCUT2D eigenvalue weighted by Crippen LogP contribution is -2.34. The molecule has 1 aliphatic rings. The summed E-state index contributed by atoms with van der Waals surface area (Å²) in [5, 5.41) is 8.50. The average molecular weight is 412 g/mol. The van der Waals surface area contributed by atoms with Crippen LogP contribution in [0.5, 0.6) is 0 Å². The van der Waals surface area contributed by atoms with E-state index in [9.17, 15) is 9.18 Å². The van der Waals surface area contributed by atoms with Gasteiger partial charge in [0.05, 0.1) is 5.75 Å². The fraction of sp³-hybridized carbons (Fsp3) is 0.318. The number of benzene rings is 2. The number of aromatic nitrogens is 2. The van der Waals surface area contributed by atoms with Crippen molar-refractivity contribution in [2.24, 2.45) is 0 Å². The predicted molar refractivity (Wildman–Crippen MR) is 110 cm³/mol. The van der Waals surface area contributed by atoms with Crippen LogP contribution in [0.15, 0.2) is 52.1 Å². The highest BCUT2D eigenvalue weighted by atomic mass is 32.2. The monoisotopic (exact) mass is 411 g/mol. The zero-order chi connectivity index (χ0) is 20.4. The molecule has 0 saturated heterocycles. The number of rotatable bonds is 7. The molecule has 0 atom stereocenters. The second-order valence-electron chi connectivity index (χ2n) is 7.31. The number of carbonyl (C=O) groups excluding carboxylic acids is 1. The largest absolute Gasteiger partial charge is 0.411 e. The van der Waals surface area contributed by atoms with E-state index in [4.69, 9.17) is 4.42 Å². The van der Waals surface area contributed by atoms with Gasteiger partial charge in [0.15, 0.2) is 0 Å². The van der Waals surface area contributed by atoms with Crippen molar-refractivity contribution in [3.8, 4) is 11.5 Å². The Bertz CT molecular complexity index is 1030. The minimum atomic E-state index is -0.284. The third-order valence-electron chi connectivity index (χ3n) is 5.09. The van der Waals surface area contributed by atoms with E-state index >= 15 is 0 Å². The standard InChI is InChI=1S/C22H22FN3O2S/c1-14-7-8-16(11-15(14)2)21-24-25-22(28-21)29-13-20(27)26(18-9-10-18)12-17-5-3-4-6-19(17)23/h3-8,11,18H,9-10,12-13H2,1-2H3. The molecule has 1 amide bonds. The lowest BCUT2D eigenvalue weighted by Gasteiger charge is -2.22. The van der Waals surface area contributed by atoms with Gasteiger partial charge in [-0.25, -0.2) is 4.39 Å². The van der Waals surface area contributed by atoms with Crippen molar-refractivity contribution in [2.45, 2.75) is 44.5 Å². The minimum absolute atomic E-state index is 0.0494. The Morgan fingerprint density at radius 2 is 1.97 bits per heavy atom. The summed E-state index contributed by atoms with van der Waals surface area (Å²) >= 11 is 1.21. The van der Waals surface area contributed by atoms with E-state index in [0.29, 0.717) is 16.7 Å². The van der Waals surface area contributed by atoms with Crippen molar-refractivity contribution >= 4 is 17.7 Å². The van der Waals surface area contributed by atoms with E-state index in [1.165, 1.54) is 23.4 Å². The number of hydrogen-bond acceptors (Lipinski definition) is 5. The molecule has 1 heterocycles. The maximum atomic E-state index is 14.0. The first-order chi connectivity index (χ1) is 14.0. The maximum Gasteiger partial charge on any atom is 0.277 e. The highest BCUT2D eigenvalue weighted by Crippen LogP contribution is 2.31. The van der Waals surface area contributed by atoms with Gasteiger partial charge in [-0.1, -0.05) is 36.0 Å². The van der Waals surface area contributed by atoms with Crippen molar-refractivity contribution in [3.63, 3.8) is 0 Å². The number of halogens is 1. The minimum Gasteiger partial charge on any atom is -0.411 e. The summed E-state index contributed by atoms with van der Waals surface area (Å²) in [4.78, 5) is 14.5. The Morgan fingerprint density at radius 3 is 2.69 bits per heavy atom. The molecular formula is C22H22FN3O2S. The van der Waals surface area contributed by atoms with Crippen molar-refractivity contribution in [1.82, 2.24) is 15.1 Å². The third-order valence-corrected chi connectivity index (χ3v) is 5.89. The molecule has 3 aromatic rings. The molecule has 1 aromatic heterocycles. The lowest BCUT2D eigenvalue weighted by molar-refractivity contribution is -0.129. The summed E-state index contributed by atoms with van der Waals surface area (Å²) in [6.45, 7) is 4.37. The van der Waals surface area contributed by atoms with Crippen LogP contribution in [-0.2, 0) is 11.3 Å². The number of carbonyl (C=O) groups is 1. The van der Waals surface area contributed by atoms with Gasteiger partial charge < -0.3 is 9.32 Å². The molecule has 0 radical (unpaired) electrons. The van der Waals surface area contributed by atoms with E-state index in [-0.39, 0.29) is 30.1 Å². The van der Waals surface area contributed by atoms with Gasteiger partial charge in [-0.3, -0.25) is 4.79 Å². The van der Waals surface area contributed by atoms with Crippen molar-refractivity contribution < 1.29 is 13.6 Å². The molecule has 1 aliphatic carbocycles. The van der Waals surface area contributed by atoms with Gasteiger partial charge in [0.1, 0.15) is 5.82 Å². The fourth-order valence-electron chi connectivity index (χ4n) is 3.08. The van der Waals surface area contributed by atoms with Gasteiger partial charge in [0.25, 0.3) is 5.22 Å². The fourth-order valence-corrected chi connectivity index (χ4v) is 3.73. The zero-order valence-electron chi connectivity index (χ0n) is 16.4. The molecule has 2 aromatic carbocycles. The molecule has 7 heteroatoms. The Kier molecular flexibility index (Phi) is 5.67. The van der Waals surface area contributed by atoms with E-state index in [0.717, 1.165) is 24.0 Å². The van der Waals surface area contributed by atoms with Crippen LogP contribution >= 0.6 is 11.8 Å². The first-order valence-electron chi connectivity index (χ1n) is 9.58. The Hall–Kier alpha value is -2.67. The molecule has 4 rings (SSSR count). The van der Waals surface area contributed by atoms with Crippen LogP contribution in [0.1, 0.15) is 29.5 Å². The third kappa shape index (κ3) is 4.67. The molecule has 5 nitrogen and oxygen atoms in total. The van der Waals surface area contributed by atoms with Crippen LogP contribution in [0.2, 0.25) is 0 Å². The number of thioether (sulfide) groups is 1. The average Bonchev–Trinajstić information content (AvgIpc) is 3.44. The summed E-state index contributed by atoms with van der Waals surface area (Å²) in [7, 11) is 0. The van der Waals surface area contributed by atoms with Crippen LogP contribution in [0.4, 0.5) is 4.39 Å². The zero-order valence-corrected chi connectivity index (χ0v) is 17.2. The van der Waals surface area contributed by atoms with Crippen LogP contribution in [0, 0.1) is 19.7 Å². The molecule has 0 unspecified atom stereocenters. The quantitative estimate of drug-likeness (QED) is 0.524. The number of hydrogen-bond donors (Lipinski definition) is 0. The highest BCUT2D eigenvalue weighted by Gasteiger charge is 2.33. The summed E-state index contributed by atoms with van der Waals surface area (Å²) < 4.78 is 19.7. The van der Waals surface area contributed by atoms with Gasteiger partial charge in [-0.05, 0) is 56.0 Å². The molecule has 150 valence electrons. The van der Waals surface area contributed by atoms with E-state index in [1.54, 1.807) is 23.1 Å². The molecule has 29 heavy (non-hydrogen) atoms. The Balaban J connectivity index is 1.40. The topological polar surface area (TPSA) is 59.2 Å². The van der Waals surface area contributed by atoms with Crippen molar-refractivity contribution in [2.75, 3.05) is 5.75 Å². The van der Waals surface area contributed by atoms with Crippen LogP contribution in [0.3, 0.4) is 0 Å². The molecular weight excluding hydrogens is 389 g/mol. The van der Waals surface area contributed by atoms with Gasteiger partial charge >= 0.3 is 0 Å². The first-order valence-corrected chi connectivity index (χ1v) is 10.6. The summed E-state index contributed by atoms with van der Waals surface area (Å²) in [5.74, 6) is 0.285. The van der Waals surface area contributed by atoms with Crippen molar-refractivity contribution in [3.05, 3.63) is 65.0 Å². The molecule has 0 bridgehead atoms. The normalized spacial score (nSPS) is 13.5. The van der Waals surface area contributed by atoms with Gasteiger partial charge in [-0.2, -0.15) is 0 Å². The van der Waals surface area contributed by atoms with Crippen LogP contribution < -0.4 is 0 Å². The second-order valence-corrected chi connectivity index (χ2v) is 8.23. The maximum absolute atomic E-state index is 14.0. The van der Waals surface area contributed by atoms with Gasteiger partial charge in [-0.15, -0.1) is 10.2 Å². The van der Waals surface area contributed by atoms with E-state index < -0.39 is 0 Å². The van der Waals surface area contributed by atoms with E-state index in [2.05, 4.69) is 10.2 Å². The Labute approximate surface area is 173 Å². The summed E-state index contributed by atoms with van der Waals surface area (Å²) in [6.07, 6.45) is 1.92. The second kappa shape index (κ2) is 8.37. The molecule has 0 aliphatic heterocycles. The number of nitrogens with zero attached hydrogens (tertiary/aromatic N) is 3. The highest BCUT2D eigenvalue weighted by molar-refractivity contribution is 7.99. The first kappa shape index (κ1) is 19.6. The number of amides is 1. The molecule has 1 fully saturated rings. The van der Waals surface area contributed by atoms with Crippen molar-refractivity contribution in [1.29, 1.82) is 0 Å². The predicted octanol–water partition coefficient (Wildman–Crippen LogP) is 4.78. The molecule has 1 saturated carbocycles. The van der Waals surface area contributed by atoms with E-state index in [1.807, 2.05) is 32.0 Å². The van der Waals surface area contributed by atoms with Crippen LogP contribution in [0.25, 0.3) is 11.5 Å². The number of aryl methyl sites for hydroxylation is 2. The molecule has 0 spiro atoms. The van der Waals surface area contributed by atoms with Crippen LogP contribution in [-0.4, -0.2) is 32.8 Å². The van der Waals surface area contributed by atoms with Gasteiger partial charge in [0.2, 0.25) is 11.8 Å². The summed E-state index contributed by atoms with van der Waals surface area (Å²) in [5.41, 5.74) is 3.74.